The van der Waals surface area contributed by atoms with Crippen molar-refractivity contribution in [3.8, 4) is 0 Å². The Morgan fingerprint density at radius 3 is 1.86 bits per heavy atom. The third-order valence-electron chi connectivity index (χ3n) is 1.87. The fourth-order valence-electron chi connectivity index (χ4n) is 1.08. The predicted octanol–water partition coefficient (Wildman–Crippen LogP) is -3.61. The first-order valence-electron chi connectivity index (χ1n) is 4.01. The van der Waals surface area contributed by atoms with Crippen LogP contribution >= 0.6 is 0 Å². The van der Waals surface area contributed by atoms with Crippen LogP contribution in [0.1, 0.15) is 0 Å². The fourth-order valence-corrected chi connectivity index (χ4v) is 1.08. The van der Waals surface area contributed by atoms with E-state index < -0.39 is 37.3 Å². The fraction of sp³-hybridized carbons (Fsp3) is 1.00. The zero-order valence-corrected chi connectivity index (χ0v) is 7.69. The van der Waals surface area contributed by atoms with Crippen LogP contribution in [-0.2, 0) is 4.74 Å². The Kier molecular flexibility index (Phi) is 6.12. The molecule has 86 valence electrons. The molecule has 0 aromatic heterocycles. The van der Waals surface area contributed by atoms with Gasteiger partial charge in [-0.3, -0.25) is 0 Å². The highest BCUT2D eigenvalue weighted by molar-refractivity contribution is 4.87. The lowest BCUT2D eigenvalue weighted by Gasteiger charge is -2.37. The molecule has 0 aromatic rings. The molecule has 6 N–H and O–H groups in total. The second-order valence-electron chi connectivity index (χ2n) is 2.72. The van der Waals surface area contributed by atoms with Crippen molar-refractivity contribution in [2.24, 2.45) is 0 Å². The van der Waals surface area contributed by atoms with Crippen molar-refractivity contribution in [3.63, 3.8) is 0 Å². The molecule has 1 fully saturated rings. The third kappa shape index (κ3) is 2.85. The van der Waals surface area contributed by atoms with E-state index in [1.54, 1.807) is 0 Å². The Morgan fingerprint density at radius 2 is 1.43 bits per heavy atom. The monoisotopic (exact) mass is 212 g/mol. The van der Waals surface area contributed by atoms with Gasteiger partial charge in [0, 0.05) is 7.11 Å². The molecule has 1 aliphatic heterocycles. The van der Waals surface area contributed by atoms with E-state index in [0.29, 0.717) is 0 Å². The smallest absolute Gasteiger partial charge is 0.184 e. The van der Waals surface area contributed by atoms with E-state index in [0.717, 1.165) is 7.11 Å². The number of rotatable bonds is 1. The van der Waals surface area contributed by atoms with E-state index in [4.69, 9.17) is 30.6 Å². The van der Waals surface area contributed by atoms with E-state index in [2.05, 4.69) is 4.74 Å². The third-order valence-corrected chi connectivity index (χ3v) is 1.87. The van der Waals surface area contributed by atoms with Gasteiger partial charge in [0.1, 0.15) is 24.4 Å². The summed E-state index contributed by atoms with van der Waals surface area (Å²) in [6.45, 7) is -0.526. The van der Waals surface area contributed by atoms with Gasteiger partial charge in [-0.05, 0) is 0 Å². The van der Waals surface area contributed by atoms with Gasteiger partial charge < -0.3 is 35.4 Å². The number of aliphatic hydroxyl groups is 6. The Balaban J connectivity index is 0.000000791. The van der Waals surface area contributed by atoms with Crippen molar-refractivity contribution in [1.82, 2.24) is 0 Å². The van der Waals surface area contributed by atoms with E-state index in [9.17, 15) is 0 Å². The van der Waals surface area contributed by atoms with E-state index in [-0.39, 0.29) is 0 Å². The molecule has 0 aliphatic carbocycles. The molecule has 1 rings (SSSR count). The summed E-state index contributed by atoms with van der Waals surface area (Å²) in [6.07, 6.45) is -7.04. The second kappa shape index (κ2) is 6.25. The van der Waals surface area contributed by atoms with Gasteiger partial charge in [-0.15, -0.1) is 0 Å². The normalized spacial score (nSPS) is 42.6. The molecular weight excluding hydrogens is 196 g/mol. The van der Waals surface area contributed by atoms with Crippen molar-refractivity contribution >= 4 is 0 Å². The van der Waals surface area contributed by atoms with Crippen molar-refractivity contribution in [2.45, 2.75) is 30.7 Å². The van der Waals surface area contributed by atoms with Crippen LogP contribution < -0.4 is 0 Å². The van der Waals surface area contributed by atoms with Crippen molar-refractivity contribution in [3.05, 3.63) is 0 Å². The van der Waals surface area contributed by atoms with E-state index >= 15 is 0 Å². The van der Waals surface area contributed by atoms with Crippen LogP contribution in [0.3, 0.4) is 0 Å². The summed E-state index contributed by atoms with van der Waals surface area (Å²) in [6, 6.07) is 0. The van der Waals surface area contributed by atoms with Gasteiger partial charge >= 0.3 is 0 Å². The summed E-state index contributed by atoms with van der Waals surface area (Å²) in [5.74, 6) is 0. The van der Waals surface area contributed by atoms with Crippen LogP contribution in [0, 0.1) is 0 Å². The molecule has 1 heterocycles. The van der Waals surface area contributed by atoms with Crippen LogP contribution in [0.25, 0.3) is 0 Å². The molecule has 7 nitrogen and oxygen atoms in total. The molecule has 0 bridgehead atoms. The molecule has 0 aromatic carbocycles. The molecule has 0 unspecified atom stereocenters. The van der Waals surface area contributed by atoms with Crippen molar-refractivity contribution in [1.29, 1.82) is 0 Å². The van der Waals surface area contributed by atoms with Gasteiger partial charge in [0.25, 0.3) is 0 Å². The summed E-state index contributed by atoms with van der Waals surface area (Å²) in [5.41, 5.74) is 0. The molecule has 1 aliphatic rings. The van der Waals surface area contributed by atoms with Gasteiger partial charge in [0.2, 0.25) is 0 Å². The molecule has 0 spiro atoms. The minimum atomic E-state index is -1.57. The highest BCUT2D eigenvalue weighted by Crippen LogP contribution is 2.18. The Hall–Kier alpha value is -0.280. The summed E-state index contributed by atoms with van der Waals surface area (Å²) >= 11 is 0. The molecule has 1 saturated heterocycles. The predicted molar refractivity (Wildman–Crippen MR) is 44.1 cm³/mol. The highest BCUT2D eigenvalue weighted by Gasteiger charge is 2.42. The maximum absolute atomic E-state index is 9.12. The number of ether oxygens (including phenoxy) is 1. The van der Waals surface area contributed by atoms with E-state index in [1.807, 2.05) is 0 Å². The lowest BCUT2D eigenvalue weighted by Crippen LogP contribution is -2.58. The summed E-state index contributed by atoms with van der Waals surface area (Å²) < 4.78 is 4.58. The van der Waals surface area contributed by atoms with Crippen molar-refractivity contribution < 1.29 is 35.4 Å². The SMILES string of the molecule is CO.OC[C@H]1O[C@H](O)[C@@H](O)[C@@H](O)[C@@H]1O. The zero-order valence-electron chi connectivity index (χ0n) is 7.69. The molecule has 14 heavy (non-hydrogen) atoms. The quantitative estimate of drug-likeness (QED) is 0.264. The zero-order chi connectivity index (χ0) is 11.3. The molecular formula is C7H16O7. The van der Waals surface area contributed by atoms with Gasteiger partial charge in [-0.1, -0.05) is 0 Å². The molecule has 0 saturated carbocycles. The molecule has 5 atom stereocenters. The maximum atomic E-state index is 9.12. The highest BCUT2D eigenvalue weighted by atomic mass is 16.6. The van der Waals surface area contributed by atoms with Crippen LogP contribution in [0.2, 0.25) is 0 Å². The molecule has 7 heteroatoms. The maximum Gasteiger partial charge on any atom is 0.184 e. The first kappa shape index (κ1) is 13.7. The summed E-state index contributed by atoms with van der Waals surface area (Å²) in [4.78, 5) is 0. The standard InChI is InChI=1S/C6H12O6.CH4O/c7-1-2-3(8)4(9)5(10)6(11)12-2;1-2/h2-11H,1H2;2H,1H3/t2-,3-,4+,5+,6+;/m1./s1. The van der Waals surface area contributed by atoms with E-state index in [1.165, 1.54) is 0 Å². The summed E-state index contributed by atoms with van der Waals surface area (Å²) in [5, 5.41) is 51.7. The van der Waals surface area contributed by atoms with Crippen LogP contribution in [0.4, 0.5) is 0 Å². The summed E-state index contributed by atoms with van der Waals surface area (Å²) in [7, 11) is 1.00. The average molecular weight is 212 g/mol. The number of hydrogen-bond acceptors (Lipinski definition) is 7. The van der Waals surface area contributed by atoms with Gasteiger partial charge in [-0.25, -0.2) is 0 Å². The number of aliphatic hydroxyl groups excluding tert-OH is 6. The minimum Gasteiger partial charge on any atom is -0.400 e. The lowest BCUT2D eigenvalue weighted by atomic mass is 10.00. The topological polar surface area (TPSA) is 131 Å². The molecule has 0 amide bonds. The average Bonchev–Trinajstić information content (AvgIpc) is 2.23. The van der Waals surface area contributed by atoms with Crippen LogP contribution in [-0.4, -0.2) is 75.1 Å². The Morgan fingerprint density at radius 1 is 0.929 bits per heavy atom. The van der Waals surface area contributed by atoms with Gasteiger partial charge in [-0.2, -0.15) is 0 Å². The Labute approximate surface area is 80.8 Å². The van der Waals surface area contributed by atoms with Gasteiger partial charge in [0.05, 0.1) is 6.61 Å². The van der Waals surface area contributed by atoms with Crippen LogP contribution in [0.5, 0.6) is 0 Å². The van der Waals surface area contributed by atoms with Crippen molar-refractivity contribution in [2.75, 3.05) is 13.7 Å². The molecule has 0 radical (unpaired) electrons. The first-order chi connectivity index (χ1) is 6.57. The number of hydrogen-bond donors (Lipinski definition) is 6. The second-order valence-corrected chi connectivity index (χ2v) is 2.72. The van der Waals surface area contributed by atoms with Gasteiger partial charge in [0.15, 0.2) is 6.29 Å². The lowest BCUT2D eigenvalue weighted by molar-refractivity contribution is -0.286. The first-order valence-corrected chi connectivity index (χ1v) is 4.01. The largest absolute Gasteiger partial charge is 0.400 e. The minimum absolute atomic E-state index is 0.526. The van der Waals surface area contributed by atoms with Crippen LogP contribution in [0.15, 0.2) is 0 Å². The Bertz CT molecular complexity index is 148.